The molecule has 12 heterocycles. The number of allylic oxidation sites excluding steroid dienone is 1. The van der Waals surface area contributed by atoms with Crippen LogP contribution in [0.2, 0.25) is 0 Å². The van der Waals surface area contributed by atoms with E-state index in [0.29, 0.717) is 35.2 Å². The molecule has 5 aliphatic rings. The van der Waals surface area contributed by atoms with E-state index in [1.54, 1.807) is 11.3 Å². The van der Waals surface area contributed by atoms with Crippen LogP contribution in [-0.4, -0.2) is 59.4 Å². The highest BCUT2D eigenvalue weighted by atomic mass is 32.1. The van der Waals surface area contributed by atoms with E-state index in [0.717, 1.165) is 156 Å². The van der Waals surface area contributed by atoms with Crippen molar-refractivity contribution in [2.45, 2.75) is 24.7 Å². The Morgan fingerprint density at radius 3 is 1.39 bits per heavy atom. The molecule has 0 radical (unpaired) electrons. The number of rotatable bonds is 9. The maximum absolute atomic E-state index is 6.81. The van der Waals surface area contributed by atoms with Gasteiger partial charge in [-0.3, -0.25) is 34.7 Å². The fourth-order valence-corrected chi connectivity index (χ4v) is 20.8. The van der Waals surface area contributed by atoms with Gasteiger partial charge in [0.15, 0.2) is 34.8 Å². The number of ether oxygens (including phenoxy) is 1. The normalized spacial score (nSPS) is 13.3. The SMILES string of the molecule is CC1(C)C2=C(c3ccccc31)N(c1nc(-c3ccccc3)nc(-c3ccccc3)n1)c1ccccc1-c1cnccc12.c1ccc(-c2nc(-c3ccccc3)nc(N3c4ccccc4-c4cnccc4-c4sc5ccccc5c43)n2)cc1.c1ccc(C2(c3ccccc3)c3cccnc3-c3ncc(-n4c5c(c6ccccc64)Oc4cnccc4-c4ccccc4-5)cc32)cc1. The molecule has 26 rings (SSSR count). The molecular formula is C113H74N14OS. The van der Waals surface area contributed by atoms with E-state index in [2.05, 4.69) is 274 Å². The lowest BCUT2D eigenvalue weighted by Gasteiger charge is -2.33. The topological polar surface area (TPSA) is 162 Å². The van der Waals surface area contributed by atoms with Crippen LogP contribution in [-0.2, 0) is 10.8 Å². The Morgan fingerprint density at radius 2 is 0.783 bits per heavy atom. The molecule has 0 fully saturated rings. The quantitative estimate of drug-likeness (QED) is 0.134. The molecule has 0 bridgehead atoms. The van der Waals surface area contributed by atoms with Crippen LogP contribution in [0, 0.1) is 0 Å². The minimum absolute atomic E-state index is 0.264. The molecule has 0 spiro atoms. The zero-order valence-corrected chi connectivity index (χ0v) is 70.7. The molecule has 608 valence electrons. The Hall–Kier alpha value is -17.0. The molecule has 0 saturated carbocycles. The second kappa shape index (κ2) is 31.1. The third-order valence-electron chi connectivity index (χ3n) is 25.2. The summed E-state index contributed by atoms with van der Waals surface area (Å²) >= 11 is 1.79. The van der Waals surface area contributed by atoms with Gasteiger partial charge in [-0.15, -0.1) is 11.3 Å². The van der Waals surface area contributed by atoms with Crippen molar-refractivity contribution in [1.29, 1.82) is 0 Å². The van der Waals surface area contributed by atoms with Gasteiger partial charge >= 0.3 is 0 Å². The van der Waals surface area contributed by atoms with Crippen molar-refractivity contribution in [3.8, 4) is 129 Å². The highest BCUT2D eigenvalue weighted by molar-refractivity contribution is 7.23. The molecule has 15 nitrogen and oxygen atoms in total. The van der Waals surface area contributed by atoms with Gasteiger partial charge in [-0.2, -0.15) is 19.9 Å². The molecule has 129 heavy (non-hydrogen) atoms. The Bertz CT molecular complexity index is 7870. The van der Waals surface area contributed by atoms with Crippen LogP contribution in [0.4, 0.5) is 29.0 Å². The van der Waals surface area contributed by atoms with Crippen molar-refractivity contribution < 1.29 is 4.74 Å². The molecular weight excluding hydrogens is 1600 g/mol. The zero-order chi connectivity index (χ0) is 85.7. The number of hydrogen-bond acceptors (Lipinski definition) is 15. The summed E-state index contributed by atoms with van der Waals surface area (Å²) < 4.78 is 10.3. The van der Waals surface area contributed by atoms with Crippen molar-refractivity contribution in [2.75, 3.05) is 9.80 Å². The van der Waals surface area contributed by atoms with Crippen LogP contribution in [0.25, 0.3) is 150 Å². The zero-order valence-electron chi connectivity index (χ0n) is 69.8. The standard InChI is InChI=1S/C42H26N4O.C37H27N5.C34H21N5S/c1-3-12-27(13-4-1)42(28-14-5-2-6-15-28)34-19-11-22-44-38(34)39-35(42)24-29(25-45-39)46-36-20-10-9-18-33(36)41-40(46)32-17-8-7-16-30(32)31-21-23-43-26-37(31)47-41;1-37(2)30-19-11-9-18-28(30)33-32(37)27-21-22-38-23-29(27)26-17-10-12-20-31(26)42(33)36-40-34(24-13-5-3-6-14-24)39-35(41-36)25-15-7-4-8-16-25;1-3-11-22(12-4-1)32-36-33(23-13-5-2-6-14-23)38-34(37-32)39-28-17-9-7-15-24(28)27-21-35-20-19-25(27)31-30(39)26-16-8-10-18-29(26)40-31/h1-26H;3-23H,1-2H3;1-21H. The van der Waals surface area contributed by atoms with E-state index < -0.39 is 5.41 Å². The van der Waals surface area contributed by atoms with Gasteiger partial charge in [0.1, 0.15) is 0 Å². The summed E-state index contributed by atoms with van der Waals surface area (Å²) in [4.78, 5) is 59.9. The van der Waals surface area contributed by atoms with E-state index >= 15 is 0 Å². The van der Waals surface area contributed by atoms with Crippen molar-refractivity contribution in [3.05, 3.63) is 453 Å². The Balaban J connectivity index is 0.000000108. The lowest BCUT2D eigenvalue weighted by Crippen LogP contribution is -2.28. The predicted octanol–water partition coefficient (Wildman–Crippen LogP) is 27.1. The smallest absolute Gasteiger partial charge is 0.238 e. The predicted molar refractivity (Wildman–Crippen MR) is 517 cm³/mol. The molecule has 0 unspecified atom stereocenters. The number of benzene rings is 12. The minimum Gasteiger partial charge on any atom is -0.452 e. The van der Waals surface area contributed by atoms with Gasteiger partial charge in [0, 0.05) is 130 Å². The van der Waals surface area contributed by atoms with Gasteiger partial charge in [0.25, 0.3) is 0 Å². The molecule has 0 N–H and O–H groups in total. The van der Waals surface area contributed by atoms with Crippen molar-refractivity contribution in [1.82, 2.24) is 59.4 Å². The number of pyridine rings is 5. The summed E-state index contributed by atoms with van der Waals surface area (Å²) in [5.41, 5.74) is 30.0. The maximum atomic E-state index is 6.81. The fourth-order valence-electron chi connectivity index (χ4n) is 19.6. The lowest BCUT2D eigenvalue weighted by atomic mass is 9.68. The monoisotopic (exact) mass is 1670 g/mol. The summed E-state index contributed by atoms with van der Waals surface area (Å²) in [6.45, 7) is 4.62. The van der Waals surface area contributed by atoms with E-state index in [-0.39, 0.29) is 5.41 Å². The number of para-hydroxylation sites is 3. The molecule has 0 atom stereocenters. The first-order valence-electron chi connectivity index (χ1n) is 43.0. The van der Waals surface area contributed by atoms with Gasteiger partial charge in [-0.05, 0) is 99.6 Å². The minimum atomic E-state index is -0.610. The summed E-state index contributed by atoms with van der Waals surface area (Å²) in [5, 5.41) is 2.18. The summed E-state index contributed by atoms with van der Waals surface area (Å²) in [6, 6.07) is 126. The van der Waals surface area contributed by atoms with Gasteiger partial charge in [-0.1, -0.05) is 317 Å². The number of fused-ring (bicyclic) bond motifs is 23. The van der Waals surface area contributed by atoms with Crippen LogP contribution in [0.3, 0.4) is 0 Å². The van der Waals surface area contributed by atoms with Crippen LogP contribution in [0.5, 0.6) is 11.5 Å². The molecule has 3 aliphatic heterocycles. The van der Waals surface area contributed by atoms with Crippen LogP contribution < -0.4 is 14.5 Å². The number of aromatic nitrogens is 12. The van der Waals surface area contributed by atoms with Crippen LogP contribution >= 0.6 is 11.3 Å². The molecule has 12 aromatic carbocycles. The van der Waals surface area contributed by atoms with Crippen LogP contribution in [0.15, 0.2) is 414 Å². The Kier molecular flexibility index (Phi) is 18.2. The summed E-state index contributed by atoms with van der Waals surface area (Å²) in [7, 11) is 0. The third-order valence-corrected chi connectivity index (χ3v) is 26.4. The van der Waals surface area contributed by atoms with Crippen LogP contribution in [0.1, 0.15) is 52.8 Å². The largest absolute Gasteiger partial charge is 0.452 e. The number of nitrogens with zero attached hydrogens (tertiary/aromatic N) is 14. The van der Waals surface area contributed by atoms with Crippen molar-refractivity contribution in [2.24, 2.45) is 0 Å². The number of thiophene rings is 1. The lowest BCUT2D eigenvalue weighted by molar-refractivity contribution is 0.490. The maximum Gasteiger partial charge on any atom is 0.238 e. The molecule has 0 amide bonds. The fraction of sp³-hybridized carbons (Fsp3) is 0.0354. The second-order valence-electron chi connectivity index (χ2n) is 32.8. The molecule has 21 aromatic rings. The Labute approximate surface area is 747 Å². The molecule has 2 aliphatic carbocycles. The molecule has 9 aromatic heterocycles. The summed E-state index contributed by atoms with van der Waals surface area (Å²) in [5.74, 6) is 5.23. The average molecular weight is 1680 g/mol. The number of anilines is 5. The van der Waals surface area contributed by atoms with Gasteiger partial charge in [0.2, 0.25) is 11.9 Å². The number of hydrogen-bond donors (Lipinski definition) is 0. The second-order valence-corrected chi connectivity index (χ2v) is 33.8. The van der Waals surface area contributed by atoms with E-state index in [1.807, 2.05) is 183 Å². The first kappa shape index (κ1) is 75.8. The van der Waals surface area contributed by atoms with Gasteiger partial charge < -0.3 is 9.30 Å². The van der Waals surface area contributed by atoms with E-state index in [9.17, 15) is 0 Å². The van der Waals surface area contributed by atoms with Gasteiger partial charge in [-0.25, -0.2) is 9.97 Å². The van der Waals surface area contributed by atoms with E-state index in [4.69, 9.17) is 44.6 Å². The highest BCUT2D eigenvalue weighted by Crippen LogP contribution is 2.62. The molecule has 0 saturated heterocycles. The van der Waals surface area contributed by atoms with Crippen molar-refractivity contribution >= 4 is 72.6 Å². The van der Waals surface area contributed by atoms with Crippen molar-refractivity contribution in [3.63, 3.8) is 0 Å². The third kappa shape index (κ3) is 12.4. The Morgan fingerprint density at radius 1 is 0.326 bits per heavy atom. The highest BCUT2D eigenvalue weighted by Gasteiger charge is 2.49. The molecule has 16 heteroatoms. The van der Waals surface area contributed by atoms with E-state index in [1.165, 1.54) is 38.1 Å². The first-order valence-corrected chi connectivity index (χ1v) is 43.8. The van der Waals surface area contributed by atoms with Gasteiger partial charge in [0.05, 0.1) is 73.7 Å². The average Bonchev–Trinajstić information content (AvgIpc) is 1.54. The summed E-state index contributed by atoms with van der Waals surface area (Å²) in [6.07, 6.45) is 15.2. The first-order chi connectivity index (χ1) is 63.8.